The largest absolute Gasteiger partial charge is 0.371 e. The van der Waals surface area contributed by atoms with E-state index in [-0.39, 0.29) is 5.60 Å². The summed E-state index contributed by atoms with van der Waals surface area (Å²) in [6, 6.07) is 2.12. The number of ether oxygens (including phenoxy) is 1. The third kappa shape index (κ3) is 2.97. The van der Waals surface area contributed by atoms with Gasteiger partial charge in [0, 0.05) is 43.5 Å². The van der Waals surface area contributed by atoms with Gasteiger partial charge in [-0.2, -0.15) is 0 Å². The van der Waals surface area contributed by atoms with E-state index in [2.05, 4.69) is 25.2 Å². The van der Waals surface area contributed by atoms with Gasteiger partial charge in [-0.05, 0) is 12.5 Å². The van der Waals surface area contributed by atoms with E-state index < -0.39 is 0 Å². The fourth-order valence-corrected chi connectivity index (χ4v) is 4.02. The number of nitrogens with zero attached hydrogens (tertiary/aromatic N) is 4. The second-order valence-electron chi connectivity index (χ2n) is 6.00. The van der Waals surface area contributed by atoms with Crippen LogP contribution in [0.2, 0.25) is 0 Å². The second kappa shape index (κ2) is 5.91. The smallest absolute Gasteiger partial charge is 0.222 e. The van der Waals surface area contributed by atoms with Gasteiger partial charge in [0.1, 0.15) is 5.01 Å². The summed E-state index contributed by atoms with van der Waals surface area (Å²) in [6.45, 7) is 3.72. The standard InChI is InChI=1S/C15H19N5OS/c1-3-17-14(18-4-1)19-12-8-15(21-10-12)2-6-20(11-15)9-13-16-5-7-22-13/h1,3-5,7,12H,2,6,8-11H2,(H,17,18,19)/t12-,15+/m1/s1. The zero-order chi connectivity index (χ0) is 14.8. The van der Waals surface area contributed by atoms with Crippen molar-refractivity contribution >= 4 is 17.3 Å². The predicted molar refractivity (Wildman–Crippen MR) is 84.8 cm³/mol. The number of anilines is 1. The van der Waals surface area contributed by atoms with Crippen LogP contribution in [0.1, 0.15) is 17.8 Å². The Labute approximate surface area is 133 Å². The number of nitrogens with one attached hydrogen (secondary N) is 1. The first-order chi connectivity index (χ1) is 10.8. The lowest BCUT2D eigenvalue weighted by Crippen LogP contribution is -2.33. The molecule has 0 radical (unpaired) electrons. The van der Waals surface area contributed by atoms with Crippen LogP contribution >= 0.6 is 11.3 Å². The van der Waals surface area contributed by atoms with Crippen molar-refractivity contribution in [3.8, 4) is 0 Å². The van der Waals surface area contributed by atoms with Gasteiger partial charge in [0.05, 0.1) is 24.8 Å². The van der Waals surface area contributed by atoms with Crippen LogP contribution in [0, 0.1) is 0 Å². The average molecular weight is 317 g/mol. The van der Waals surface area contributed by atoms with Crippen LogP contribution in [0.3, 0.4) is 0 Å². The molecular formula is C15H19N5OS. The van der Waals surface area contributed by atoms with Gasteiger partial charge >= 0.3 is 0 Å². The number of hydrogen-bond donors (Lipinski definition) is 1. The van der Waals surface area contributed by atoms with Crippen LogP contribution in [-0.4, -0.2) is 51.2 Å². The number of rotatable bonds is 4. The van der Waals surface area contributed by atoms with Crippen molar-refractivity contribution in [2.75, 3.05) is 25.0 Å². The molecule has 0 aromatic carbocycles. The van der Waals surface area contributed by atoms with Gasteiger partial charge in [0.25, 0.3) is 0 Å². The van der Waals surface area contributed by atoms with Crippen LogP contribution in [-0.2, 0) is 11.3 Å². The lowest BCUT2D eigenvalue weighted by Gasteiger charge is -2.23. The van der Waals surface area contributed by atoms with Crippen molar-refractivity contribution in [3.63, 3.8) is 0 Å². The molecule has 2 saturated heterocycles. The molecule has 22 heavy (non-hydrogen) atoms. The quantitative estimate of drug-likeness (QED) is 0.927. The molecule has 6 nitrogen and oxygen atoms in total. The fraction of sp³-hybridized carbons (Fsp3) is 0.533. The minimum absolute atomic E-state index is 0.0102. The molecule has 4 rings (SSSR count). The Kier molecular flexibility index (Phi) is 3.77. The number of likely N-dealkylation sites (tertiary alicyclic amines) is 1. The molecule has 0 aliphatic carbocycles. The third-order valence-electron chi connectivity index (χ3n) is 4.35. The Balaban J connectivity index is 1.34. The Hall–Kier alpha value is -1.57. The van der Waals surface area contributed by atoms with Crippen LogP contribution in [0.15, 0.2) is 30.0 Å². The third-order valence-corrected chi connectivity index (χ3v) is 5.11. The lowest BCUT2D eigenvalue weighted by atomic mass is 9.97. The predicted octanol–water partition coefficient (Wildman–Crippen LogP) is 1.78. The molecule has 2 aliphatic rings. The molecule has 7 heteroatoms. The zero-order valence-electron chi connectivity index (χ0n) is 12.3. The van der Waals surface area contributed by atoms with Crippen molar-refractivity contribution in [1.82, 2.24) is 19.9 Å². The van der Waals surface area contributed by atoms with E-state index in [4.69, 9.17) is 4.74 Å². The highest BCUT2D eigenvalue weighted by molar-refractivity contribution is 7.09. The highest BCUT2D eigenvalue weighted by atomic mass is 32.1. The first kappa shape index (κ1) is 14.0. The van der Waals surface area contributed by atoms with Crippen LogP contribution < -0.4 is 5.32 Å². The van der Waals surface area contributed by atoms with Crippen molar-refractivity contribution in [3.05, 3.63) is 35.0 Å². The Morgan fingerprint density at radius 2 is 2.23 bits per heavy atom. The first-order valence-electron chi connectivity index (χ1n) is 7.60. The highest BCUT2D eigenvalue weighted by Crippen LogP contribution is 2.36. The molecule has 1 N–H and O–H groups in total. The average Bonchev–Trinajstić information content (AvgIpc) is 3.25. The molecule has 2 atom stereocenters. The minimum atomic E-state index is -0.0102. The number of aromatic nitrogens is 3. The van der Waals surface area contributed by atoms with Gasteiger partial charge in [-0.3, -0.25) is 4.90 Å². The molecule has 4 heterocycles. The van der Waals surface area contributed by atoms with Gasteiger partial charge in [0.15, 0.2) is 0 Å². The fourth-order valence-electron chi connectivity index (χ4n) is 3.36. The topological polar surface area (TPSA) is 63.2 Å². The summed E-state index contributed by atoms with van der Waals surface area (Å²) in [6.07, 6.45) is 7.49. The molecule has 0 unspecified atom stereocenters. The van der Waals surface area contributed by atoms with E-state index >= 15 is 0 Å². The van der Waals surface area contributed by atoms with E-state index in [1.165, 1.54) is 5.01 Å². The summed E-state index contributed by atoms with van der Waals surface area (Å²) in [4.78, 5) is 15.3. The van der Waals surface area contributed by atoms with Gasteiger partial charge in [-0.1, -0.05) is 0 Å². The molecule has 2 aliphatic heterocycles. The van der Waals surface area contributed by atoms with Crippen molar-refractivity contribution < 1.29 is 4.74 Å². The Bertz CT molecular complexity index is 608. The Morgan fingerprint density at radius 3 is 3.05 bits per heavy atom. The van der Waals surface area contributed by atoms with Crippen molar-refractivity contribution in [2.24, 2.45) is 0 Å². The van der Waals surface area contributed by atoms with E-state index in [1.807, 2.05) is 17.6 Å². The molecule has 1 spiro atoms. The molecule has 2 aromatic heterocycles. The molecule has 0 saturated carbocycles. The monoisotopic (exact) mass is 317 g/mol. The van der Waals surface area contributed by atoms with E-state index in [1.54, 1.807) is 23.7 Å². The van der Waals surface area contributed by atoms with Crippen LogP contribution in [0.25, 0.3) is 0 Å². The molecule has 2 aromatic rings. The van der Waals surface area contributed by atoms with Crippen molar-refractivity contribution in [1.29, 1.82) is 0 Å². The SMILES string of the molecule is c1cnc(N[C@H]2CO[C@@]3(CCN(Cc4nccs4)C3)C2)nc1. The Morgan fingerprint density at radius 1 is 1.32 bits per heavy atom. The number of hydrogen-bond acceptors (Lipinski definition) is 7. The summed E-state index contributed by atoms with van der Waals surface area (Å²) in [5, 5.41) is 6.59. The summed E-state index contributed by atoms with van der Waals surface area (Å²) in [7, 11) is 0. The summed E-state index contributed by atoms with van der Waals surface area (Å²) in [5.74, 6) is 0.686. The van der Waals surface area contributed by atoms with Crippen LogP contribution in [0.4, 0.5) is 5.95 Å². The lowest BCUT2D eigenvalue weighted by molar-refractivity contribution is 0.0120. The summed E-state index contributed by atoms with van der Waals surface area (Å²) < 4.78 is 6.16. The van der Waals surface area contributed by atoms with Crippen LogP contribution in [0.5, 0.6) is 0 Å². The summed E-state index contributed by atoms with van der Waals surface area (Å²) >= 11 is 1.72. The maximum absolute atomic E-state index is 6.16. The summed E-state index contributed by atoms with van der Waals surface area (Å²) in [5.41, 5.74) is -0.0102. The molecule has 116 valence electrons. The van der Waals surface area contributed by atoms with E-state index in [0.29, 0.717) is 12.0 Å². The maximum atomic E-state index is 6.16. The maximum Gasteiger partial charge on any atom is 0.222 e. The highest BCUT2D eigenvalue weighted by Gasteiger charge is 2.45. The van der Waals surface area contributed by atoms with Gasteiger partial charge in [-0.15, -0.1) is 11.3 Å². The normalized spacial score (nSPS) is 28.5. The molecular weight excluding hydrogens is 298 g/mol. The van der Waals surface area contributed by atoms with E-state index in [9.17, 15) is 0 Å². The zero-order valence-corrected chi connectivity index (χ0v) is 13.1. The van der Waals surface area contributed by atoms with Gasteiger partial charge in [0.2, 0.25) is 5.95 Å². The number of thiazole rings is 1. The van der Waals surface area contributed by atoms with Gasteiger partial charge in [-0.25, -0.2) is 15.0 Å². The molecule has 0 bridgehead atoms. The molecule has 0 amide bonds. The van der Waals surface area contributed by atoms with Gasteiger partial charge < -0.3 is 10.1 Å². The first-order valence-corrected chi connectivity index (χ1v) is 8.48. The van der Waals surface area contributed by atoms with Crippen molar-refractivity contribution in [2.45, 2.75) is 31.0 Å². The minimum Gasteiger partial charge on any atom is -0.371 e. The van der Waals surface area contributed by atoms with E-state index in [0.717, 1.165) is 39.1 Å². The second-order valence-corrected chi connectivity index (χ2v) is 6.98. The molecule has 2 fully saturated rings.